The number of benzene rings is 2. The molecule has 1 fully saturated rings. The molecule has 1 atom stereocenters. The molecular weight excluding hydrogens is 404 g/mol. The second-order valence-corrected chi connectivity index (χ2v) is 7.94. The zero-order valence-electron chi connectivity index (χ0n) is 18.4. The number of nitrogens with one attached hydrogen (secondary N) is 2. The average Bonchev–Trinajstić information content (AvgIpc) is 3.67. The van der Waals surface area contributed by atoms with E-state index in [-0.39, 0.29) is 5.97 Å². The van der Waals surface area contributed by atoms with E-state index >= 15 is 0 Å². The first-order valence-electron chi connectivity index (χ1n) is 10.8. The highest BCUT2D eigenvalue weighted by Gasteiger charge is 2.26. The van der Waals surface area contributed by atoms with E-state index in [1.165, 1.54) is 20.0 Å². The van der Waals surface area contributed by atoms with Crippen molar-refractivity contribution in [2.24, 2.45) is 5.92 Å². The van der Waals surface area contributed by atoms with Gasteiger partial charge in [0.2, 0.25) is 5.95 Å². The van der Waals surface area contributed by atoms with Crippen LogP contribution in [0.15, 0.2) is 60.8 Å². The van der Waals surface area contributed by atoms with Crippen molar-refractivity contribution in [3.63, 3.8) is 0 Å². The number of hydrogen-bond donors (Lipinski definition) is 2. The van der Waals surface area contributed by atoms with Gasteiger partial charge in [0.1, 0.15) is 11.6 Å². The molecule has 0 saturated heterocycles. The number of anilines is 3. The van der Waals surface area contributed by atoms with Crippen LogP contribution < -0.4 is 15.4 Å². The van der Waals surface area contributed by atoms with E-state index < -0.39 is 5.92 Å². The van der Waals surface area contributed by atoms with E-state index in [4.69, 9.17) is 14.5 Å². The molecule has 2 aromatic carbocycles. The molecule has 3 aromatic rings. The van der Waals surface area contributed by atoms with Gasteiger partial charge < -0.3 is 20.1 Å². The lowest BCUT2D eigenvalue weighted by Crippen LogP contribution is -2.19. The van der Waals surface area contributed by atoms with Gasteiger partial charge in [-0.1, -0.05) is 30.3 Å². The Kier molecular flexibility index (Phi) is 6.84. The first-order chi connectivity index (χ1) is 15.7. The molecule has 0 spiro atoms. The summed E-state index contributed by atoms with van der Waals surface area (Å²) >= 11 is 0. The van der Waals surface area contributed by atoms with E-state index in [2.05, 4.69) is 15.6 Å². The number of rotatable bonds is 10. The number of para-hydroxylation sites is 1. The van der Waals surface area contributed by atoms with Crippen LogP contribution in [0, 0.1) is 5.92 Å². The van der Waals surface area contributed by atoms with Gasteiger partial charge in [-0.05, 0) is 55.0 Å². The number of aromatic nitrogens is 2. The number of carbonyl (C=O) groups excluding carboxylic acids is 1. The number of ether oxygens (including phenoxy) is 2. The lowest BCUT2D eigenvalue weighted by molar-refractivity contribution is -0.142. The van der Waals surface area contributed by atoms with E-state index in [0.717, 1.165) is 34.9 Å². The number of nitrogens with zero attached hydrogens (tertiary/aromatic N) is 2. The van der Waals surface area contributed by atoms with Crippen LogP contribution in [0.1, 0.15) is 29.9 Å². The normalized spacial score (nSPS) is 13.8. The summed E-state index contributed by atoms with van der Waals surface area (Å²) in [5.74, 6) is 1.91. The van der Waals surface area contributed by atoms with Gasteiger partial charge in [0.05, 0.1) is 20.1 Å². The van der Waals surface area contributed by atoms with Gasteiger partial charge in [-0.3, -0.25) is 4.79 Å². The average molecular weight is 433 g/mol. The molecule has 1 aliphatic rings. The maximum absolute atomic E-state index is 12.6. The number of carbonyl (C=O) groups is 1. The molecule has 1 aliphatic carbocycles. The van der Waals surface area contributed by atoms with Crippen LogP contribution in [-0.4, -0.2) is 36.7 Å². The van der Waals surface area contributed by atoms with E-state index in [0.29, 0.717) is 18.3 Å². The fourth-order valence-electron chi connectivity index (χ4n) is 3.52. The largest absolute Gasteiger partial charge is 0.497 e. The second kappa shape index (κ2) is 10.1. The summed E-state index contributed by atoms with van der Waals surface area (Å²) in [6.45, 7) is 0.861. The molecule has 0 bridgehead atoms. The Balaban J connectivity index is 1.60. The van der Waals surface area contributed by atoms with Crippen LogP contribution in [0.5, 0.6) is 5.75 Å². The minimum atomic E-state index is -0.469. The van der Waals surface area contributed by atoms with Gasteiger partial charge in [-0.25, -0.2) is 4.98 Å². The lowest BCUT2D eigenvalue weighted by Gasteiger charge is -2.18. The highest BCUT2D eigenvalue weighted by atomic mass is 16.5. The molecule has 4 rings (SSSR count). The molecule has 1 aromatic heterocycles. The number of esters is 1. The lowest BCUT2D eigenvalue weighted by atomic mass is 9.92. The Bertz CT molecular complexity index is 1040. The summed E-state index contributed by atoms with van der Waals surface area (Å²) in [5.41, 5.74) is 2.65. The summed E-state index contributed by atoms with van der Waals surface area (Å²) in [4.78, 5) is 21.9. The second-order valence-electron chi connectivity index (χ2n) is 7.94. The molecule has 0 radical (unpaired) electrons. The molecule has 166 valence electrons. The van der Waals surface area contributed by atoms with E-state index in [9.17, 15) is 4.79 Å². The van der Waals surface area contributed by atoms with Crippen LogP contribution in [0.3, 0.4) is 0 Å². The first kappa shape index (κ1) is 21.6. The van der Waals surface area contributed by atoms with Crippen molar-refractivity contribution in [2.75, 3.05) is 31.4 Å². The highest BCUT2D eigenvalue weighted by Crippen LogP contribution is 2.31. The molecule has 1 heterocycles. The summed E-state index contributed by atoms with van der Waals surface area (Å²) < 4.78 is 10.3. The van der Waals surface area contributed by atoms with Crippen LogP contribution >= 0.6 is 0 Å². The first-order valence-corrected chi connectivity index (χ1v) is 10.8. The molecule has 0 aliphatic heterocycles. The third-order valence-electron chi connectivity index (χ3n) is 5.58. The molecule has 32 heavy (non-hydrogen) atoms. The van der Waals surface area contributed by atoms with E-state index in [1.807, 2.05) is 54.6 Å². The van der Waals surface area contributed by atoms with Gasteiger partial charge in [-0.2, -0.15) is 4.98 Å². The smallest absolute Gasteiger partial charge is 0.313 e. The van der Waals surface area contributed by atoms with Gasteiger partial charge in [0.25, 0.3) is 0 Å². The van der Waals surface area contributed by atoms with Crippen LogP contribution in [0.25, 0.3) is 0 Å². The van der Waals surface area contributed by atoms with Crippen LogP contribution in [0.4, 0.5) is 17.5 Å². The van der Waals surface area contributed by atoms with Gasteiger partial charge in [0, 0.05) is 24.0 Å². The maximum atomic E-state index is 12.6. The zero-order valence-corrected chi connectivity index (χ0v) is 18.4. The van der Waals surface area contributed by atoms with Crippen LogP contribution in [-0.2, 0) is 16.0 Å². The highest BCUT2D eigenvalue weighted by molar-refractivity contribution is 5.79. The fourth-order valence-corrected chi connectivity index (χ4v) is 3.52. The Morgan fingerprint density at radius 3 is 2.50 bits per heavy atom. The molecule has 1 saturated carbocycles. The van der Waals surface area contributed by atoms with Gasteiger partial charge in [-0.15, -0.1) is 0 Å². The minimum Gasteiger partial charge on any atom is -0.497 e. The molecule has 2 N–H and O–H groups in total. The van der Waals surface area contributed by atoms with Gasteiger partial charge >= 0.3 is 5.97 Å². The number of hydrogen-bond acceptors (Lipinski definition) is 7. The predicted molar refractivity (Wildman–Crippen MR) is 124 cm³/mol. The summed E-state index contributed by atoms with van der Waals surface area (Å²) in [5, 5.41) is 6.71. The Hall–Kier alpha value is -3.61. The van der Waals surface area contributed by atoms with Crippen molar-refractivity contribution in [2.45, 2.75) is 25.2 Å². The Morgan fingerprint density at radius 1 is 1.09 bits per heavy atom. The quantitative estimate of drug-likeness (QED) is 0.455. The predicted octanol–water partition coefficient (Wildman–Crippen LogP) is 4.55. The fraction of sp³-hybridized carbons (Fsp3) is 0.320. The summed E-state index contributed by atoms with van der Waals surface area (Å²) in [6.07, 6.45) is 4.68. The topological polar surface area (TPSA) is 85.4 Å². The van der Waals surface area contributed by atoms with Gasteiger partial charge in [0.15, 0.2) is 0 Å². The third kappa shape index (κ3) is 5.55. The summed E-state index contributed by atoms with van der Waals surface area (Å²) in [7, 11) is 3.03. The van der Waals surface area contributed by atoms with E-state index in [1.54, 1.807) is 13.3 Å². The molecule has 7 heteroatoms. The third-order valence-corrected chi connectivity index (χ3v) is 5.58. The van der Waals surface area contributed by atoms with Crippen molar-refractivity contribution in [1.82, 2.24) is 9.97 Å². The maximum Gasteiger partial charge on any atom is 0.313 e. The number of methoxy groups -OCH3 is 2. The van der Waals surface area contributed by atoms with Crippen molar-refractivity contribution >= 4 is 23.4 Å². The monoisotopic (exact) mass is 432 g/mol. The standard InChI is InChI=1S/C25H28N4O3/c1-31-21-12-10-18(11-13-21)22(24(30)32-2)14-19-16-27-25(28-20-6-4-3-5-7-20)29-23(19)26-15-17-8-9-17/h3-7,10-13,16-17,22H,8-9,14-15H2,1-2H3,(H2,26,27,28,29). The molecule has 0 amide bonds. The summed E-state index contributed by atoms with van der Waals surface area (Å²) in [6, 6.07) is 17.3. The minimum absolute atomic E-state index is 0.296. The van der Waals surface area contributed by atoms with Crippen molar-refractivity contribution < 1.29 is 14.3 Å². The Morgan fingerprint density at radius 2 is 1.84 bits per heavy atom. The molecular formula is C25H28N4O3. The van der Waals surface area contributed by atoms with Crippen molar-refractivity contribution in [3.8, 4) is 5.75 Å². The Labute approximate surface area is 188 Å². The van der Waals surface area contributed by atoms with Crippen molar-refractivity contribution in [1.29, 1.82) is 0 Å². The molecule has 1 unspecified atom stereocenters. The van der Waals surface area contributed by atoms with Crippen molar-refractivity contribution in [3.05, 3.63) is 71.9 Å². The zero-order chi connectivity index (χ0) is 22.3. The van der Waals surface area contributed by atoms with Crippen LogP contribution in [0.2, 0.25) is 0 Å². The molecule has 7 nitrogen and oxygen atoms in total. The SMILES string of the molecule is COC(=O)C(Cc1cnc(Nc2ccccc2)nc1NCC1CC1)c1ccc(OC)cc1.